The van der Waals surface area contributed by atoms with Gasteiger partial charge in [0.2, 0.25) is 5.91 Å². The highest BCUT2D eigenvalue weighted by Crippen LogP contribution is 2.25. The van der Waals surface area contributed by atoms with Crippen molar-refractivity contribution in [1.82, 2.24) is 20.1 Å². The van der Waals surface area contributed by atoms with E-state index in [0.717, 1.165) is 50.7 Å². The lowest BCUT2D eigenvalue weighted by molar-refractivity contribution is -0.134. The number of carbonyl (C=O) groups is 1. The second-order valence-electron chi connectivity index (χ2n) is 7.85. The van der Waals surface area contributed by atoms with E-state index in [2.05, 4.69) is 56.5 Å². The molecule has 0 aliphatic carbocycles. The zero-order valence-electron chi connectivity index (χ0n) is 16.9. The number of amides is 1. The van der Waals surface area contributed by atoms with Gasteiger partial charge >= 0.3 is 0 Å². The van der Waals surface area contributed by atoms with Crippen LogP contribution in [0, 0.1) is 0 Å². The van der Waals surface area contributed by atoms with Crippen molar-refractivity contribution in [3.63, 3.8) is 0 Å². The fourth-order valence-electron chi connectivity index (χ4n) is 4.12. The number of nitrogens with one attached hydrogen (secondary N) is 1. The van der Waals surface area contributed by atoms with Crippen LogP contribution in [0.3, 0.4) is 0 Å². The maximum absolute atomic E-state index is 13.1. The Morgan fingerprint density at radius 1 is 1.07 bits per heavy atom. The molecule has 2 unspecified atom stereocenters. The average Bonchev–Trinajstić information content (AvgIpc) is 2.80. The number of rotatable bonds is 6. The predicted octanol–water partition coefficient (Wildman–Crippen LogP) is 2.60. The number of carbonyl (C=O) groups excluding carboxylic acids is 1. The van der Waals surface area contributed by atoms with E-state index >= 15 is 0 Å². The van der Waals surface area contributed by atoms with Crippen LogP contribution < -0.4 is 5.32 Å². The van der Waals surface area contributed by atoms with Gasteiger partial charge < -0.3 is 4.90 Å². The summed E-state index contributed by atoms with van der Waals surface area (Å²) in [6.07, 6.45) is 5.99. The SMILES string of the molecule is O=C(C1CSCC(c2cccnc2)N1)N1CCN(CCCc2ccccc2)CC1. The summed E-state index contributed by atoms with van der Waals surface area (Å²) in [5.41, 5.74) is 2.58. The van der Waals surface area contributed by atoms with Crippen molar-refractivity contribution in [3.05, 3.63) is 66.0 Å². The van der Waals surface area contributed by atoms with E-state index in [1.807, 2.05) is 24.0 Å². The Labute approximate surface area is 177 Å². The molecule has 29 heavy (non-hydrogen) atoms. The first-order valence-electron chi connectivity index (χ1n) is 10.6. The number of hydrogen-bond acceptors (Lipinski definition) is 5. The Bertz CT molecular complexity index is 765. The molecule has 1 amide bonds. The number of pyridine rings is 1. The highest BCUT2D eigenvalue weighted by Gasteiger charge is 2.32. The maximum atomic E-state index is 13.1. The highest BCUT2D eigenvalue weighted by molar-refractivity contribution is 7.99. The third-order valence-corrected chi connectivity index (χ3v) is 6.96. The molecule has 154 valence electrons. The Morgan fingerprint density at radius 2 is 1.90 bits per heavy atom. The number of aromatic nitrogens is 1. The lowest BCUT2D eigenvalue weighted by Crippen LogP contribution is -2.56. The Kier molecular flexibility index (Phi) is 7.19. The van der Waals surface area contributed by atoms with Gasteiger partial charge in [-0.25, -0.2) is 0 Å². The van der Waals surface area contributed by atoms with Crippen LogP contribution in [-0.2, 0) is 11.2 Å². The molecule has 1 N–H and O–H groups in total. The number of aryl methyl sites for hydroxylation is 1. The molecule has 6 heteroatoms. The standard InChI is InChI=1S/C23H30N4OS/c28-23(22-18-29-17-21(25-22)20-9-4-10-24-16-20)27-14-12-26(13-15-27)11-5-8-19-6-2-1-3-7-19/h1-4,6-7,9-10,16,21-22,25H,5,8,11-15,17-18H2. The first kappa shape index (κ1) is 20.4. The largest absolute Gasteiger partial charge is 0.339 e. The molecule has 1 aromatic heterocycles. The monoisotopic (exact) mass is 410 g/mol. The summed E-state index contributed by atoms with van der Waals surface area (Å²) in [5, 5.41) is 3.56. The van der Waals surface area contributed by atoms with Crippen LogP contribution in [0.1, 0.15) is 23.6 Å². The highest BCUT2D eigenvalue weighted by atomic mass is 32.2. The number of nitrogens with zero attached hydrogens (tertiary/aromatic N) is 3. The van der Waals surface area contributed by atoms with Gasteiger partial charge in [0.25, 0.3) is 0 Å². The first-order valence-corrected chi connectivity index (χ1v) is 11.7. The van der Waals surface area contributed by atoms with Crippen LogP contribution in [0.15, 0.2) is 54.9 Å². The van der Waals surface area contributed by atoms with E-state index in [9.17, 15) is 4.79 Å². The molecule has 1 aromatic carbocycles. The molecule has 0 saturated carbocycles. The van der Waals surface area contributed by atoms with Crippen molar-refractivity contribution in [2.24, 2.45) is 0 Å². The van der Waals surface area contributed by atoms with Gasteiger partial charge in [-0.3, -0.25) is 20.0 Å². The van der Waals surface area contributed by atoms with Crippen LogP contribution >= 0.6 is 11.8 Å². The molecule has 0 spiro atoms. The lowest BCUT2D eigenvalue weighted by atomic mass is 10.1. The predicted molar refractivity (Wildman–Crippen MR) is 119 cm³/mol. The van der Waals surface area contributed by atoms with E-state index in [1.54, 1.807) is 6.20 Å². The Balaban J connectivity index is 1.21. The quantitative estimate of drug-likeness (QED) is 0.793. The number of thioether (sulfide) groups is 1. The van der Waals surface area contributed by atoms with Crippen molar-refractivity contribution < 1.29 is 4.79 Å². The zero-order chi connectivity index (χ0) is 19.9. The van der Waals surface area contributed by atoms with Gasteiger partial charge in [0.15, 0.2) is 0 Å². The number of hydrogen-bond donors (Lipinski definition) is 1. The summed E-state index contributed by atoms with van der Waals surface area (Å²) in [4.78, 5) is 21.8. The zero-order valence-corrected chi connectivity index (χ0v) is 17.7. The smallest absolute Gasteiger partial charge is 0.240 e. The molecule has 5 nitrogen and oxygen atoms in total. The van der Waals surface area contributed by atoms with E-state index in [0.29, 0.717) is 0 Å². The van der Waals surface area contributed by atoms with E-state index < -0.39 is 0 Å². The fourth-order valence-corrected chi connectivity index (χ4v) is 5.26. The van der Waals surface area contributed by atoms with E-state index in [1.165, 1.54) is 17.5 Å². The van der Waals surface area contributed by atoms with Crippen molar-refractivity contribution in [3.8, 4) is 0 Å². The molecule has 0 bridgehead atoms. The molecule has 3 heterocycles. The molecular weight excluding hydrogens is 380 g/mol. The number of piperazine rings is 1. The summed E-state index contributed by atoms with van der Waals surface area (Å²) >= 11 is 1.86. The summed E-state index contributed by atoms with van der Waals surface area (Å²) in [5.74, 6) is 2.10. The lowest BCUT2D eigenvalue weighted by Gasteiger charge is -2.38. The van der Waals surface area contributed by atoms with Crippen molar-refractivity contribution in [1.29, 1.82) is 0 Å². The summed E-state index contributed by atoms with van der Waals surface area (Å²) in [7, 11) is 0. The molecule has 2 aliphatic heterocycles. The molecule has 4 rings (SSSR count). The first-order chi connectivity index (χ1) is 14.3. The molecule has 2 aromatic rings. The van der Waals surface area contributed by atoms with Gasteiger partial charge in [-0.2, -0.15) is 11.8 Å². The fraction of sp³-hybridized carbons (Fsp3) is 0.478. The van der Waals surface area contributed by atoms with Crippen LogP contribution in [0.4, 0.5) is 0 Å². The average molecular weight is 411 g/mol. The van der Waals surface area contributed by atoms with Gasteiger partial charge in [-0.05, 0) is 36.6 Å². The Hall–Kier alpha value is -1.89. The third kappa shape index (κ3) is 5.59. The molecule has 2 aliphatic rings. The second-order valence-corrected chi connectivity index (χ2v) is 8.93. The molecule has 0 radical (unpaired) electrons. The molecular formula is C23H30N4OS. The van der Waals surface area contributed by atoms with Gasteiger partial charge in [0, 0.05) is 56.1 Å². The van der Waals surface area contributed by atoms with Crippen LogP contribution in [-0.4, -0.2) is 71.0 Å². The minimum Gasteiger partial charge on any atom is -0.339 e. The molecule has 2 saturated heterocycles. The van der Waals surface area contributed by atoms with Gasteiger partial charge in [0.05, 0.1) is 6.04 Å². The summed E-state index contributed by atoms with van der Waals surface area (Å²) < 4.78 is 0. The van der Waals surface area contributed by atoms with Crippen LogP contribution in [0.25, 0.3) is 0 Å². The van der Waals surface area contributed by atoms with Crippen LogP contribution in [0.2, 0.25) is 0 Å². The van der Waals surface area contributed by atoms with Gasteiger partial charge in [-0.15, -0.1) is 0 Å². The third-order valence-electron chi connectivity index (χ3n) is 5.82. The van der Waals surface area contributed by atoms with Crippen molar-refractivity contribution >= 4 is 17.7 Å². The summed E-state index contributed by atoms with van der Waals surface area (Å²) in [6.45, 7) is 4.74. The molecule has 2 fully saturated rings. The minimum atomic E-state index is -0.0939. The van der Waals surface area contributed by atoms with E-state index in [4.69, 9.17) is 0 Å². The number of benzene rings is 1. The van der Waals surface area contributed by atoms with Gasteiger partial charge in [0.1, 0.15) is 0 Å². The van der Waals surface area contributed by atoms with Crippen molar-refractivity contribution in [2.75, 3.05) is 44.2 Å². The normalized spacial score (nSPS) is 23.1. The minimum absolute atomic E-state index is 0.0939. The van der Waals surface area contributed by atoms with E-state index in [-0.39, 0.29) is 18.0 Å². The van der Waals surface area contributed by atoms with Crippen molar-refractivity contribution in [2.45, 2.75) is 24.9 Å². The van der Waals surface area contributed by atoms with Gasteiger partial charge in [-0.1, -0.05) is 36.4 Å². The molecule has 2 atom stereocenters. The Morgan fingerprint density at radius 3 is 2.66 bits per heavy atom. The summed E-state index contributed by atoms with van der Waals surface area (Å²) in [6, 6.07) is 14.8. The van der Waals surface area contributed by atoms with Crippen LogP contribution in [0.5, 0.6) is 0 Å². The topological polar surface area (TPSA) is 48.5 Å². The maximum Gasteiger partial charge on any atom is 0.240 e. The second kappa shape index (κ2) is 10.2.